The van der Waals surface area contributed by atoms with Crippen LogP contribution >= 0.6 is 12.2 Å². The van der Waals surface area contributed by atoms with Gasteiger partial charge in [-0.2, -0.15) is 0 Å². The quantitative estimate of drug-likeness (QED) is 0.213. The lowest BCUT2D eigenvalue weighted by Gasteiger charge is -2.19. The van der Waals surface area contributed by atoms with Crippen molar-refractivity contribution in [3.05, 3.63) is 90.5 Å². The van der Waals surface area contributed by atoms with Gasteiger partial charge in [-0.05, 0) is 67.0 Å². The fraction of sp³-hybridized carbons (Fsp3) is 0.222. The van der Waals surface area contributed by atoms with Crippen molar-refractivity contribution in [1.82, 2.24) is 5.32 Å². The van der Waals surface area contributed by atoms with Crippen molar-refractivity contribution in [2.24, 2.45) is 0 Å². The molecule has 0 saturated carbocycles. The van der Waals surface area contributed by atoms with Crippen molar-refractivity contribution < 1.29 is 22.7 Å². The van der Waals surface area contributed by atoms with Crippen LogP contribution < -0.4 is 14.9 Å². The number of sulfonamides is 1. The standard InChI is InChI=1S/C27H29N3O5S2/c1-30(23-12-6-3-7-13-23)37(33,34)24-16-14-22(15-17-24)28-27(36)29-25(31)18-19-26(32)35-20-8-11-21-9-4-2-5-10-21/h2-7,9-10,12-17H,8,11,18-20H2,1H3,(H2,28,29,31,36). The Balaban J connectivity index is 1.39. The second-order valence-corrected chi connectivity index (χ2v) is 10.5. The first-order valence-corrected chi connectivity index (χ1v) is 13.5. The fourth-order valence-corrected chi connectivity index (χ4v) is 4.82. The van der Waals surface area contributed by atoms with Crippen LogP contribution in [0.4, 0.5) is 11.4 Å². The molecule has 1 amide bonds. The number of carbonyl (C=O) groups excluding carboxylic acids is 2. The number of benzene rings is 3. The molecule has 0 aromatic heterocycles. The van der Waals surface area contributed by atoms with Crippen molar-refractivity contribution in [2.45, 2.75) is 30.6 Å². The molecule has 0 aliphatic carbocycles. The molecular weight excluding hydrogens is 510 g/mol. The van der Waals surface area contributed by atoms with Crippen LogP contribution in [-0.4, -0.2) is 39.1 Å². The summed E-state index contributed by atoms with van der Waals surface area (Å²) >= 11 is 5.15. The Morgan fingerprint density at radius 3 is 2.16 bits per heavy atom. The number of nitrogens with zero attached hydrogens (tertiary/aromatic N) is 1. The first kappa shape index (κ1) is 27.8. The Kier molecular flexibility index (Phi) is 10.2. The topological polar surface area (TPSA) is 105 Å². The van der Waals surface area contributed by atoms with Crippen LogP contribution in [0.5, 0.6) is 0 Å². The first-order chi connectivity index (χ1) is 17.8. The van der Waals surface area contributed by atoms with Crippen LogP contribution in [0.15, 0.2) is 89.8 Å². The minimum absolute atomic E-state index is 0.0400. The Labute approximate surface area is 222 Å². The molecule has 0 unspecified atom stereocenters. The van der Waals surface area contributed by atoms with Crippen LogP contribution in [0.2, 0.25) is 0 Å². The van der Waals surface area contributed by atoms with Crippen molar-refractivity contribution in [1.29, 1.82) is 0 Å². The van der Waals surface area contributed by atoms with Gasteiger partial charge in [0.1, 0.15) is 0 Å². The van der Waals surface area contributed by atoms with E-state index in [-0.39, 0.29) is 22.8 Å². The van der Waals surface area contributed by atoms with Crippen LogP contribution in [0.3, 0.4) is 0 Å². The van der Waals surface area contributed by atoms with E-state index >= 15 is 0 Å². The Hall–Kier alpha value is -3.76. The van der Waals surface area contributed by atoms with E-state index in [0.717, 1.165) is 6.42 Å². The molecule has 3 aromatic rings. The second-order valence-electron chi connectivity index (χ2n) is 8.14. The van der Waals surface area contributed by atoms with Crippen molar-refractivity contribution in [3.63, 3.8) is 0 Å². The summed E-state index contributed by atoms with van der Waals surface area (Å²) in [5.41, 5.74) is 2.23. The number of hydrogen-bond acceptors (Lipinski definition) is 6. The number of aryl methyl sites for hydroxylation is 1. The van der Waals surface area contributed by atoms with Gasteiger partial charge in [0.2, 0.25) is 5.91 Å². The molecule has 0 atom stereocenters. The number of ether oxygens (including phenoxy) is 1. The Bertz CT molecular complexity index is 1300. The SMILES string of the molecule is CN(c1ccccc1)S(=O)(=O)c1ccc(NC(=S)NC(=O)CCC(=O)OCCCc2ccccc2)cc1. The van der Waals surface area contributed by atoms with Gasteiger partial charge in [0.25, 0.3) is 10.0 Å². The van der Waals surface area contributed by atoms with E-state index in [1.807, 2.05) is 36.4 Å². The van der Waals surface area contributed by atoms with Gasteiger partial charge < -0.3 is 15.4 Å². The van der Waals surface area contributed by atoms with Gasteiger partial charge in [-0.3, -0.25) is 13.9 Å². The normalized spacial score (nSPS) is 10.8. The molecule has 10 heteroatoms. The van der Waals surface area contributed by atoms with Gasteiger partial charge in [0.15, 0.2) is 5.11 Å². The summed E-state index contributed by atoms with van der Waals surface area (Å²) in [6, 6.07) is 24.7. The molecule has 3 aromatic carbocycles. The van der Waals surface area contributed by atoms with E-state index in [2.05, 4.69) is 10.6 Å². The molecule has 0 bridgehead atoms. The van der Waals surface area contributed by atoms with Crippen LogP contribution in [0.25, 0.3) is 0 Å². The van der Waals surface area contributed by atoms with E-state index in [4.69, 9.17) is 17.0 Å². The molecule has 0 saturated heterocycles. The highest BCUT2D eigenvalue weighted by atomic mass is 32.2. The van der Waals surface area contributed by atoms with Gasteiger partial charge in [-0.15, -0.1) is 0 Å². The molecule has 37 heavy (non-hydrogen) atoms. The van der Waals surface area contributed by atoms with Crippen molar-refractivity contribution in [3.8, 4) is 0 Å². The van der Waals surface area contributed by atoms with E-state index < -0.39 is 21.9 Å². The molecule has 194 valence electrons. The predicted octanol–water partition coefficient (Wildman–Crippen LogP) is 4.28. The maximum Gasteiger partial charge on any atom is 0.306 e. The third-order valence-corrected chi connectivity index (χ3v) is 7.42. The number of esters is 1. The molecule has 0 radical (unpaired) electrons. The lowest BCUT2D eigenvalue weighted by molar-refractivity contribution is -0.145. The van der Waals surface area contributed by atoms with Crippen molar-refractivity contribution in [2.75, 3.05) is 23.3 Å². The average Bonchev–Trinajstić information content (AvgIpc) is 2.91. The summed E-state index contributed by atoms with van der Waals surface area (Å²) < 4.78 is 32.1. The number of carbonyl (C=O) groups is 2. The highest BCUT2D eigenvalue weighted by Gasteiger charge is 2.21. The molecule has 0 aliphatic rings. The molecule has 2 N–H and O–H groups in total. The maximum atomic E-state index is 12.9. The third-order valence-electron chi connectivity index (χ3n) is 5.42. The van der Waals surface area contributed by atoms with Gasteiger partial charge >= 0.3 is 5.97 Å². The summed E-state index contributed by atoms with van der Waals surface area (Å²) in [5.74, 6) is -0.873. The lowest BCUT2D eigenvalue weighted by Crippen LogP contribution is -2.34. The zero-order valence-corrected chi connectivity index (χ0v) is 22.1. The number of thiocarbonyl (C=S) groups is 1. The highest BCUT2D eigenvalue weighted by Crippen LogP contribution is 2.22. The number of rotatable bonds is 11. The summed E-state index contributed by atoms with van der Waals surface area (Å²) in [4.78, 5) is 24.1. The van der Waals surface area contributed by atoms with Gasteiger partial charge in [0, 0.05) is 19.2 Å². The molecule has 3 rings (SSSR count). The van der Waals surface area contributed by atoms with E-state index in [1.165, 1.54) is 29.0 Å². The summed E-state index contributed by atoms with van der Waals surface area (Å²) in [5, 5.41) is 5.38. The Morgan fingerprint density at radius 2 is 1.51 bits per heavy atom. The predicted molar refractivity (Wildman–Crippen MR) is 148 cm³/mol. The van der Waals surface area contributed by atoms with Crippen molar-refractivity contribution >= 4 is 50.6 Å². The number of nitrogens with one attached hydrogen (secondary N) is 2. The highest BCUT2D eigenvalue weighted by molar-refractivity contribution is 7.92. The average molecular weight is 540 g/mol. The summed E-state index contributed by atoms with van der Waals surface area (Å²) in [6.07, 6.45) is 1.40. The monoisotopic (exact) mass is 539 g/mol. The second kappa shape index (κ2) is 13.5. The third kappa shape index (κ3) is 8.69. The number of anilines is 2. The van der Waals surface area contributed by atoms with Crippen LogP contribution in [-0.2, 0) is 30.8 Å². The van der Waals surface area contributed by atoms with Gasteiger partial charge in [0.05, 0.1) is 23.6 Å². The first-order valence-electron chi connectivity index (χ1n) is 11.7. The van der Waals surface area contributed by atoms with E-state index in [1.54, 1.807) is 36.4 Å². The molecule has 0 heterocycles. The number of amides is 1. The lowest BCUT2D eigenvalue weighted by atomic mass is 10.1. The van der Waals surface area contributed by atoms with E-state index in [0.29, 0.717) is 24.4 Å². The van der Waals surface area contributed by atoms with Gasteiger partial charge in [-0.25, -0.2) is 8.42 Å². The van der Waals surface area contributed by atoms with E-state index in [9.17, 15) is 18.0 Å². The molecule has 0 spiro atoms. The minimum Gasteiger partial charge on any atom is -0.466 e. The Morgan fingerprint density at radius 1 is 0.892 bits per heavy atom. The minimum atomic E-state index is -3.74. The zero-order chi connectivity index (χ0) is 26.7. The largest absolute Gasteiger partial charge is 0.466 e. The van der Waals surface area contributed by atoms with Crippen LogP contribution in [0.1, 0.15) is 24.8 Å². The fourth-order valence-electron chi connectivity index (χ4n) is 3.39. The van der Waals surface area contributed by atoms with Crippen LogP contribution in [0, 0.1) is 0 Å². The molecule has 0 fully saturated rings. The molecule has 8 nitrogen and oxygen atoms in total. The summed E-state index contributed by atoms with van der Waals surface area (Å²) in [7, 11) is -2.25. The molecule has 0 aliphatic heterocycles. The number of hydrogen-bond donors (Lipinski definition) is 2. The van der Waals surface area contributed by atoms with Gasteiger partial charge in [-0.1, -0.05) is 48.5 Å². The summed E-state index contributed by atoms with van der Waals surface area (Å²) in [6.45, 7) is 0.294. The smallest absolute Gasteiger partial charge is 0.306 e. The zero-order valence-electron chi connectivity index (χ0n) is 20.4. The number of para-hydroxylation sites is 1. The maximum absolute atomic E-state index is 12.9. The molecular formula is C27H29N3O5S2.